The van der Waals surface area contributed by atoms with Gasteiger partial charge in [0.05, 0.1) is 16.2 Å². The molecule has 26 rings (SSSR count). The largest absolute Gasteiger partial charge is 0.310 e. The van der Waals surface area contributed by atoms with Crippen LogP contribution in [0.5, 0.6) is 0 Å². The number of halogens is 7. The molecule has 6 aliphatic carbocycles. The second kappa shape index (κ2) is 33.0. The van der Waals surface area contributed by atoms with Crippen molar-refractivity contribution in [2.24, 2.45) is 0 Å². The van der Waals surface area contributed by atoms with Crippen molar-refractivity contribution in [3.05, 3.63) is 584 Å². The molecule has 0 saturated heterocycles. The highest BCUT2D eigenvalue weighted by Crippen LogP contribution is 2.63. The minimum absolute atomic E-state index is 0.310. The highest BCUT2D eigenvalue weighted by molar-refractivity contribution is 5.96. The molecule has 0 saturated carbocycles. The van der Waals surface area contributed by atoms with Crippen LogP contribution >= 0.6 is 0 Å². The Bertz CT molecular complexity index is 7900. The van der Waals surface area contributed by atoms with Gasteiger partial charge in [-0.3, -0.25) is 0 Å². The molecular formula is C129H85F7N4. The van der Waals surface area contributed by atoms with Crippen molar-refractivity contribution in [1.29, 1.82) is 0 Å². The first-order valence-corrected chi connectivity index (χ1v) is 47.7. The van der Waals surface area contributed by atoms with Crippen LogP contribution in [0.25, 0.3) is 55.6 Å². The van der Waals surface area contributed by atoms with E-state index in [-0.39, 0.29) is 40.7 Å². The summed E-state index contributed by atoms with van der Waals surface area (Å²) in [6.07, 6.45) is 5.91. The van der Waals surface area contributed by atoms with Crippen LogP contribution in [0.2, 0.25) is 0 Å². The van der Waals surface area contributed by atoms with E-state index in [9.17, 15) is 0 Å². The average Bonchev–Trinajstić information content (AvgIpc) is 1.55. The summed E-state index contributed by atoms with van der Waals surface area (Å²) in [5.74, 6) is -2.46. The number of hydrogen-bond acceptors (Lipinski definition) is 4. The number of fused-ring (bicyclic) bond motifs is 12. The number of aryl methyl sites for hydroxylation is 6. The van der Waals surface area contributed by atoms with Gasteiger partial charge < -0.3 is 19.6 Å². The fourth-order valence-corrected chi connectivity index (χ4v) is 23.5. The Morgan fingerprint density at radius 1 is 0.143 bits per heavy atom. The molecule has 11 heteroatoms. The summed E-state index contributed by atoms with van der Waals surface area (Å²) in [6, 6.07) is 145. The van der Waals surface area contributed by atoms with E-state index in [0.717, 1.165) is 218 Å². The van der Waals surface area contributed by atoms with Crippen LogP contribution in [0.4, 0.5) is 99.0 Å². The van der Waals surface area contributed by atoms with Gasteiger partial charge in [0.2, 0.25) is 0 Å². The standard InChI is InChI=1S/C129H85F7N4/c130-96-35-29-90(30-36-96)127(93-26-15-84-9-12-87(84)73-93)121-7-3-1-5-115(121)117-69-65-111(76-123(117)127)137(107-57-41-99(133)42-58-107)103-49-18-80(19-50-103)82-22-53-105(54-23-82)139(109-61-45-101(135)46-62-109)113-67-71-119-120-72-68-114(79-126(120)129(125(119)78-113,92-33-39-98(132)40-34-92)95-28-17-86-11-14-89(86)75-95)140(110-63-47-102(136)48-64-110)106-55-24-83(25-56-106)81-20-51-104(52-21-81)138(108-59-43-100(134)44-60-108)112-66-70-118-116-6-2-4-8-122(116)128(124(118)77-112,91-31-37-97(131)38-32-91)94-27-16-85-10-13-88(85)74-94/h1-8,15-79H,9-14H2. The van der Waals surface area contributed by atoms with Crippen LogP contribution in [0.3, 0.4) is 0 Å². The molecule has 4 nitrogen and oxygen atoms in total. The van der Waals surface area contributed by atoms with Crippen molar-refractivity contribution >= 4 is 68.2 Å². The zero-order valence-electron chi connectivity index (χ0n) is 75.8. The van der Waals surface area contributed by atoms with Gasteiger partial charge in [0.25, 0.3) is 0 Å². The molecule has 2 unspecified atom stereocenters. The van der Waals surface area contributed by atoms with Gasteiger partial charge in [0, 0.05) is 68.2 Å². The molecule has 0 fully saturated rings. The Balaban J connectivity index is 0.550. The number of rotatable bonds is 20. The van der Waals surface area contributed by atoms with Crippen molar-refractivity contribution in [2.45, 2.75) is 54.8 Å². The van der Waals surface area contributed by atoms with Crippen molar-refractivity contribution in [3.8, 4) is 55.6 Å². The maximum absolute atomic E-state index is 15.9. The average molecular weight is 1820 g/mol. The monoisotopic (exact) mass is 1820 g/mol. The van der Waals surface area contributed by atoms with E-state index in [4.69, 9.17) is 0 Å². The molecule has 140 heavy (non-hydrogen) atoms. The lowest BCUT2D eigenvalue weighted by Gasteiger charge is -2.37. The predicted octanol–water partition coefficient (Wildman–Crippen LogP) is 33.3. The molecular weight excluding hydrogens is 1740 g/mol. The lowest BCUT2D eigenvalue weighted by molar-refractivity contribution is 0.624. The van der Waals surface area contributed by atoms with Gasteiger partial charge in [-0.1, -0.05) is 212 Å². The van der Waals surface area contributed by atoms with E-state index < -0.39 is 16.2 Å². The fourth-order valence-electron chi connectivity index (χ4n) is 23.5. The summed E-state index contributed by atoms with van der Waals surface area (Å²) in [5.41, 5.74) is 37.0. The molecule has 6 aliphatic rings. The van der Waals surface area contributed by atoms with E-state index in [1.165, 1.54) is 81.9 Å². The third-order valence-electron chi connectivity index (χ3n) is 30.4. The lowest BCUT2D eigenvalue weighted by atomic mass is 9.66. The molecule has 0 radical (unpaired) electrons. The summed E-state index contributed by atoms with van der Waals surface area (Å²) in [7, 11) is 0. The molecule has 0 amide bonds. The lowest BCUT2D eigenvalue weighted by Crippen LogP contribution is -2.30. The first-order chi connectivity index (χ1) is 68.6. The minimum Gasteiger partial charge on any atom is -0.310 e. The maximum atomic E-state index is 15.9. The van der Waals surface area contributed by atoms with E-state index in [1.807, 2.05) is 36.4 Å². The first kappa shape index (κ1) is 83.7. The molecule has 20 aromatic carbocycles. The first-order valence-electron chi connectivity index (χ1n) is 47.7. The van der Waals surface area contributed by atoms with E-state index >= 15 is 30.7 Å². The van der Waals surface area contributed by atoms with E-state index in [2.05, 4.69) is 293 Å². The molecule has 0 bridgehead atoms. The van der Waals surface area contributed by atoms with Crippen molar-refractivity contribution in [2.75, 3.05) is 19.6 Å². The minimum atomic E-state index is -1.09. The highest BCUT2D eigenvalue weighted by Gasteiger charge is 2.51. The third-order valence-corrected chi connectivity index (χ3v) is 30.4. The molecule has 20 aromatic rings. The molecule has 0 N–H and O–H groups in total. The Morgan fingerprint density at radius 3 is 0.536 bits per heavy atom. The maximum Gasteiger partial charge on any atom is 0.123 e. The zero-order chi connectivity index (χ0) is 93.8. The van der Waals surface area contributed by atoms with Crippen LogP contribution in [-0.2, 0) is 54.8 Å². The quantitative estimate of drug-likeness (QED) is 0.0705. The van der Waals surface area contributed by atoms with Gasteiger partial charge in [0.1, 0.15) is 40.7 Å². The molecule has 0 aliphatic heterocycles. The summed E-state index contributed by atoms with van der Waals surface area (Å²) >= 11 is 0. The summed E-state index contributed by atoms with van der Waals surface area (Å²) < 4.78 is 107. The second-order valence-electron chi connectivity index (χ2n) is 37.7. The second-order valence-corrected chi connectivity index (χ2v) is 37.7. The summed E-state index contributed by atoms with van der Waals surface area (Å²) in [5, 5.41) is 0. The zero-order valence-corrected chi connectivity index (χ0v) is 75.8. The Labute approximate surface area is 807 Å². The fraction of sp³-hybridized carbons (Fsp3) is 0.0698. The topological polar surface area (TPSA) is 13.0 Å². The molecule has 0 heterocycles. The van der Waals surface area contributed by atoms with E-state index in [1.54, 1.807) is 84.9 Å². The predicted molar refractivity (Wildman–Crippen MR) is 550 cm³/mol. The smallest absolute Gasteiger partial charge is 0.123 e. The van der Waals surface area contributed by atoms with Crippen molar-refractivity contribution in [1.82, 2.24) is 0 Å². The van der Waals surface area contributed by atoms with Crippen LogP contribution in [0, 0.1) is 40.7 Å². The van der Waals surface area contributed by atoms with Gasteiger partial charge in [-0.25, -0.2) is 30.7 Å². The van der Waals surface area contributed by atoms with Crippen LogP contribution in [0.1, 0.15) is 100 Å². The Kier molecular flexibility index (Phi) is 19.7. The van der Waals surface area contributed by atoms with E-state index in [0.29, 0.717) is 11.4 Å². The van der Waals surface area contributed by atoms with Crippen LogP contribution in [0.15, 0.2) is 443 Å². The molecule has 0 aromatic heterocycles. The molecule has 0 spiro atoms. The molecule has 2 atom stereocenters. The number of hydrogen-bond donors (Lipinski definition) is 0. The normalized spacial score (nSPS) is 16.0. The Morgan fingerprint density at radius 2 is 0.321 bits per heavy atom. The van der Waals surface area contributed by atoms with Crippen LogP contribution < -0.4 is 19.6 Å². The van der Waals surface area contributed by atoms with Crippen molar-refractivity contribution in [3.63, 3.8) is 0 Å². The van der Waals surface area contributed by atoms with Gasteiger partial charge in [-0.05, 0) is 425 Å². The third kappa shape index (κ3) is 13.4. The van der Waals surface area contributed by atoms with Gasteiger partial charge >= 0.3 is 0 Å². The summed E-state index contributed by atoms with van der Waals surface area (Å²) in [4.78, 5) is 8.63. The Hall–Kier alpha value is -16.9. The van der Waals surface area contributed by atoms with Crippen molar-refractivity contribution < 1.29 is 30.7 Å². The van der Waals surface area contributed by atoms with Gasteiger partial charge in [-0.15, -0.1) is 0 Å². The molecule has 670 valence electrons. The number of benzene rings is 20. The SMILES string of the molecule is Fc1ccc(N(c2ccc(-c3ccc(N(c4ccc(F)cc4)c4ccc5c(c4)C(c4ccc(F)cc4)(c4ccc6c(c4)CC6)c4cc(N(c6ccc(F)cc6)c6ccc(-c7ccc(N(c8ccc(F)cc8)c8ccc9c(c8)C(c8ccc(F)cc8)(c8ccc%10c(c8)CC%10)c8ccccc8-9)cc7)cc6)ccc4-5)cc3)cc2)c2ccc3c(c2)C(c2ccc(F)cc2)(c2ccc4c(c2)CC4)c2ccccc2-3)cc1. The van der Waals surface area contributed by atoms with Gasteiger partial charge in [-0.2, -0.15) is 0 Å². The van der Waals surface area contributed by atoms with Gasteiger partial charge in [0.15, 0.2) is 0 Å². The summed E-state index contributed by atoms with van der Waals surface area (Å²) in [6.45, 7) is 0. The highest BCUT2D eigenvalue weighted by atomic mass is 19.2. The number of anilines is 12. The van der Waals surface area contributed by atoms with Crippen LogP contribution in [-0.4, -0.2) is 0 Å². The number of nitrogens with zero attached hydrogens (tertiary/aromatic N) is 4.